The highest BCUT2D eigenvalue weighted by Crippen LogP contribution is 2.37. The summed E-state index contributed by atoms with van der Waals surface area (Å²) in [4.78, 5) is 14.0. The maximum absolute atomic E-state index is 12.7. The van der Waals surface area contributed by atoms with Gasteiger partial charge in [-0.15, -0.1) is 11.3 Å². The summed E-state index contributed by atoms with van der Waals surface area (Å²) in [5.41, 5.74) is 1.84. The molecule has 158 valence electrons. The number of aryl methyl sites for hydroxylation is 2. The number of nitrogens with one attached hydrogen (secondary N) is 2. The summed E-state index contributed by atoms with van der Waals surface area (Å²) in [5, 5.41) is 12.1. The molecule has 6 nitrogen and oxygen atoms in total. The van der Waals surface area contributed by atoms with Gasteiger partial charge in [0.1, 0.15) is 5.00 Å². The third-order valence-corrected chi connectivity index (χ3v) is 6.69. The zero-order valence-electron chi connectivity index (χ0n) is 16.6. The molecule has 0 aromatic carbocycles. The Hall–Kier alpha value is -1.45. The average Bonchev–Trinajstić information content (AvgIpc) is 3.22. The molecule has 0 aliphatic heterocycles. The lowest BCUT2D eigenvalue weighted by Crippen LogP contribution is -2.30. The minimum Gasteiger partial charge on any atom is -0.462 e. The Morgan fingerprint density at radius 1 is 1.34 bits per heavy atom. The average molecular weight is 500 g/mol. The molecule has 0 spiro atoms. The zero-order chi connectivity index (χ0) is 20.6. The van der Waals surface area contributed by atoms with Crippen LogP contribution in [0, 0.1) is 0 Å². The topological polar surface area (TPSA) is 68.2 Å². The summed E-state index contributed by atoms with van der Waals surface area (Å²) in [5.74, 6) is -0.250. The van der Waals surface area contributed by atoms with Crippen molar-refractivity contribution in [1.82, 2.24) is 15.1 Å². The van der Waals surface area contributed by atoms with Gasteiger partial charge in [0, 0.05) is 24.2 Å². The molecule has 0 saturated heterocycles. The van der Waals surface area contributed by atoms with Gasteiger partial charge in [-0.25, -0.2) is 4.79 Å². The molecule has 1 aliphatic rings. The molecule has 2 aromatic rings. The molecule has 29 heavy (non-hydrogen) atoms. The standard InChI is InChI=1S/C20H27BrN4O2S2/c1-2-27-19(26)17-15-8-5-3-4-6-9-16(15)29-18(17)24-20(28)22-10-7-11-25-13-14(21)12-23-25/h12-13H,2-11H2,1H3,(H2,22,24,28). The maximum atomic E-state index is 12.7. The second kappa shape index (κ2) is 11.1. The van der Waals surface area contributed by atoms with Crippen LogP contribution in [-0.4, -0.2) is 34.0 Å². The molecule has 0 saturated carbocycles. The van der Waals surface area contributed by atoms with Crippen molar-refractivity contribution < 1.29 is 9.53 Å². The highest BCUT2D eigenvalue weighted by Gasteiger charge is 2.25. The van der Waals surface area contributed by atoms with Crippen molar-refractivity contribution in [2.24, 2.45) is 0 Å². The number of aromatic nitrogens is 2. The van der Waals surface area contributed by atoms with E-state index in [1.54, 1.807) is 17.5 Å². The normalized spacial score (nSPS) is 13.9. The van der Waals surface area contributed by atoms with Crippen LogP contribution in [0.2, 0.25) is 0 Å². The van der Waals surface area contributed by atoms with Gasteiger partial charge >= 0.3 is 5.97 Å². The van der Waals surface area contributed by atoms with E-state index in [-0.39, 0.29) is 5.97 Å². The van der Waals surface area contributed by atoms with Crippen LogP contribution in [0.4, 0.5) is 5.00 Å². The first-order valence-corrected chi connectivity index (χ1v) is 12.1. The first kappa shape index (κ1) is 22.2. The van der Waals surface area contributed by atoms with E-state index in [2.05, 4.69) is 31.7 Å². The van der Waals surface area contributed by atoms with Crippen LogP contribution in [0.3, 0.4) is 0 Å². The fraction of sp³-hybridized carbons (Fsp3) is 0.550. The Balaban J connectivity index is 1.62. The minimum atomic E-state index is -0.250. The Bertz CT molecular complexity index is 850. The Kier molecular flexibility index (Phi) is 8.50. The number of carbonyl (C=O) groups is 1. The number of esters is 1. The van der Waals surface area contributed by atoms with E-state index >= 15 is 0 Å². The molecule has 0 amide bonds. The first-order chi connectivity index (χ1) is 14.1. The number of anilines is 1. The highest BCUT2D eigenvalue weighted by atomic mass is 79.9. The van der Waals surface area contributed by atoms with Crippen LogP contribution < -0.4 is 10.6 Å². The summed E-state index contributed by atoms with van der Waals surface area (Å²) in [6.07, 6.45) is 11.3. The van der Waals surface area contributed by atoms with Crippen molar-refractivity contribution in [3.05, 3.63) is 32.9 Å². The predicted octanol–water partition coefficient (Wildman–Crippen LogP) is 4.92. The number of fused-ring (bicyclic) bond motifs is 1. The van der Waals surface area contributed by atoms with Gasteiger partial charge in [-0.05, 0) is 72.7 Å². The van der Waals surface area contributed by atoms with E-state index in [0.717, 1.165) is 53.8 Å². The molecule has 9 heteroatoms. The number of hydrogen-bond acceptors (Lipinski definition) is 5. The van der Waals surface area contributed by atoms with E-state index < -0.39 is 0 Å². The van der Waals surface area contributed by atoms with Gasteiger partial charge in [-0.1, -0.05) is 12.8 Å². The molecule has 0 fully saturated rings. The number of halogens is 1. The van der Waals surface area contributed by atoms with E-state index in [1.807, 2.05) is 17.8 Å². The van der Waals surface area contributed by atoms with Gasteiger partial charge in [-0.2, -0.15) is 5.10 Å². The molecule has 2 heterocycles. The zero-order valence-corrected chi connectivity index (χ0v) is 19.9. The number of ether oxygens (including phenoxy) is 1. The Labute approximate surface area is 189 Å². The smallest absolute Gasteiger partial charge is 0.341 e. The summed E-state index contributed by atoms with van der Waals surface area (Å²) >= 11 is 10.5. The lowest BCUT2D eigenvalue weighted by atomic mass is 9.96. The summed E-state index contributed by atoms with van der Waals surface area (Å²) < 4.78 is 8.21. The summed E-state index contributed by atoms with van der Waals surface area (Å²) in [7, 11) is 0. The molecule has 3 rings (SSSR count). The van der Waals surface area contributed by atoms with Gasteiger partial charge in [-0.3, -0.25) is 4.68 Å². The van der Waals surface area contributed by atoms with Gasteiger partial charge in [0.25, 0.3) is 0 Å². The Morgan fingerprint density at radius 2 is 2.14 bits per heavy atom. The number of thiocarbonyl (C=S) groups is 1. The van der Waals surface area contributed by atoms with Crippen LogP contribution in [0.15, 0.2) is 16.9 Å². The van der Waals surface area contributed by atoms with E-state index in [4.69, 9.17) is 17.0 Å². The van der Waals surface area contributed by atoms with Crippen LogP contribution >= 0.6 is 39.5 Å². The molecule has 0 atom stereocenters. The first-order valence-electron chi connectivity index (χ1n) is 10.1. The number of nitrogens with zero attached hydrogens (tertiary/aromatic N) is 2. The number of hydrogen-bond donors (Lipinski definition) is 2. The number of rotatable bonds is 7. The SMILES string of the molecule is CCOC(=O)c1c(NC(=S)NCCCn2cc(Br)cn2)sc2c1CCCCCC2. The third kappa shape index (κ3) is 6.26. The highest BCUT2D eigenvalue weighted by molar-refractivity contribution is 9.10. The van der Waals surface area contributed by atoms with Gasteiger partial charge in [0.2, 0.25) is 0 Å². The van der Waals surface area contributed by atoms with Gasteiger partial charge in [0.05, 0.1) is 22.8 Å². The van der Waals surface area contributed by atoms with Crippen molar-refractivity contribution >= 4 is 55.6 Å². The van der Waals surface area contributed by atoms with E-state index in [0.29, 0.717) is 17.3 Å². The molecule has 0 radical (unpaired) electrons. The fourth-order valence-electron chi connectivity index (χ4n) is 3.48. The molecule has 2 aromatic heterocycles. The van der Waals surface area contributed by atoms with Gasteiger partial charge in [0.15, 0.2) is 5.11 Å². The third-order valence-electron chi connectivity index (χ3n) is 4.83. The quantitative estimate of drug-likeness (QED) is 0.320. The van der Waals surface area contributed by atoms with Crippen LogP contribution in [0.25, 0.3) is 0 Å². The van der Waals surface area contributed by atoms with Crippen LogP contribution in [0.1, 0.15) is 59.8 Å². The second-order valence-electron chi connectivity index (χ2n) is 7.00. The maximum Gasteiger partial charge on any atom is 0.341 e. The minimum absolute atomic E-state index is 0.250. The molecular formula is C20H27BrN4O2S2. The van der Waals surface area contributed by atoms with Crippen molar-refractivity contribution in [2.75, 3.05) is 18.5 Å². The predicted molar refractivity (Wildman–Crippen MR) is 125 cm³/mol. The summed E-state index contributed by atoms with van der Waals surface area (Å²) in [6.45, 7) is 3.74. The molecule has 1 aliphatic carbocycles. The lowest BCUT2D eigenvalue weighted by Gasteiger charge is -2.12. The molecule has 0 bridgehead atoms. The largest absolute Gasteiger partial charge is 0.462 e. The van der Waals surface area contributed by atoms with Crippen molar-refractivity contribution in [3.63, 3.8) is 0 Å². The van der Waals surface area contributed by atoms with E-state index in [9.17, 15) is 4.79 Å². The molecule has 0 unspecified atom stereocenters. The van der Waals surface area contributed by atoms with E-state index in [1.165, 1.54) is 24.1 Å². The molecule has 2 N–H and O–H groups in total. The number of thiophene rings is 1. The van der Waals surface area contributed by atoms with Crippen molar-refractivity contribution in [2.45, 2.75) is 58.4 Å². The van der Waals surface area contributed by atoms with Crippen molar-refractivity contribution in [3.8, 4) is 0 Å². The second-order valence-corrected chi connectivity index (χ2v) is 9.43. The number of carbonyl (C=O) groups excluding carboxylic acids is 1. The van der Waals surface area contributed by atoms with Crippen LogP contribution in [0.5, 0.6) is 0 Å². The van der Waals surface area contributed by atoms with Crippen LogP contribution in [-0.2, 0) is 24.1 Å². The Morgan fingerprint density at radius 3 is 2.86 bits per heavy atom. The molecular weight excluding hydrogens is 472 g/mol. The van der Waals surface area contributed by atoms with Crippen molar-refractivity contribution in [1.29, 1.82) is 0 Å². The monoisotopic (exact) mass is 498 g/mol. The summed E-state index contributed by atoms with van der Waals surface area (Å²) in [6, 6.07) is 0. The van der Waals surface area contributed by atoms with Gasteiger partial charge < -0.3 is 15.4 Å². The fourth-order valence-corrected chi connectivity index (χ4v) is 5.36. The lowest BCUT2D eigenvalue weighted by molar-refractivity contribution is 0.0526.